The molecule has 0 saturated carbocycles. The van der Waals surface area contributed by atoms with Crippen molar-refractivity contribution in [3.8, 4) is 11.8 Å². The van der Waals surface area contributed by atoms with Gasteiger partial charge >= 0.3 is 12.5 Å². The van der Waals surface area contributed by atoms with Crippen molar-refractivity contribution in [2.24, 2.45) is 0 Å². The summed E-state index contributed by atoms with van der Waals surface area (Å²) >= 11 is 0. The van der Waals surface area contributed by atoms with E-state index in [-0.39, 0.29) is 24.2 Å². The Kier molecular flexibility index (Phi) is 4.71. The number of benzene rings is 2. The molecule has 1 amide bonds. The lowest BCUT2D eigenvalue weighted by Gasteiger charge is -2.17. The van der Waals surface area contributed by atoms with Gasteiger partial charge in [-0.3, -0.25) is 4.79 Å². The van der Waals surface area contributed by atoms with E-state index in [1.807, 2.05) is 0 Å². The highest BCUT2D eigenvalue weighted by Gasteiger charge is 2.41. The van der Waals surface area contributed by atoms with Gasteiger partial charge in [-0.05, 0) is 35.4 Å². The number of rotatable bonds is 3. The standard InChI is InChI=1S/C18H10F6N2O2/c19-17(20,21)14-6-11(7-25)5-12-9-26(16(27)15(12)14)8-10-1-3-13(4-2-10)28-18(22,23)24/h1-6H,8-9H2. The number of alkyl halides is 6. The molecule has 2 aromatic carbocycles. The molecule has 0 N–H and O–H groups in total. The minimum absolute atomic E-state index is 0.0772. The van der Waals surface area contributed by atoms with E-state index in [2.05, 4.69) is 4.74 Å². The zero-order valence-electron chi connectivity index (χ0n) is 13.9. The van der Waals surface area contributed by atoms with Gasteiger partial charge in [0.25, 0.3) is 5.91 Å². The summed E-state index contributed by atoms with van der Waals surface area (Å²) in [7, 11) is 0. The number of hydrogen-bond acceptors (Lipinski definition) is 3. The molecule has 1 heterocycles. The number of amides is 1. The molecule has 0 bridgehead atoms. The molecule has 0 spiro atoms. The van der Waals surface area contributed by atoms with Gasteiger partial charge in [-0.1, -0.05) is 12.1 Å². The summed E-state index contributed by atoms with van der Waals surface area (Å²) in [5, 5.41) is 8.92. The Morgan fingerprint density at radius 2 is 1.71 bits per heavy atom. The van der Waals surface area contributed by atoms with Crippen LogP contribution in [-0.2, 0) is 19.3 Å². The topological polar surface area (TPSA) is 53.3 Å². The van der Waals surface area contributed by atoms with Gasteiger partial charge < -0.3 is 9.64 Å². The average molecular weight is 400 g/mol. The van der Waals surface area contributed by atoms with E-state index in [0.717, 1.165) is 17.0 Å². The van der Waals surface area contributed by atoms with Crippen LogP contribution in [0, 0.1) is 11.3 Å². The van der Waals surface area contributed by atoms with Crippen molar-refractivity contribution in [3.05, 3.63) is 64.2 Å². The van der Waals surface area contributed by atoms with Crippen molar-refractivity contribution in [1.29, 1.82) is 5.26 Å². The van der Waals surface area contributed by atoms with Gasteiger partial charge in [-0.2, -0.15) is 18.4 Å². The molecule has 2 aromatic rings. The summed E-state index contributed by atoms with van der Waals surface area (Å²) in [6.45, 7) is -0.257. The van der Waals surface area contributed by atoms with E-state index in [0.29, 0.717) is 11.6 Å². The van der Waals surface area contributed by atoms with Crippen LogP contribution in [0.4, 0.5) is 26.3 Å². The van der Waals surface area contributed by atoms with Crippen LogP contribution < -0.4 is 4.74 Å². The first kappa shape index (κ1) is 19.5. The molecule has 10 heteroatoms. The number of fused-ring (bicyclic) bond motifs is 1. The van der Waals surface area contributed by atoms with Gasteiger partial charge in [-0.15, -0.1) is 13.2 Å². The highest BCUT2D eigenvalue weighted by Crippen LogP contribution is 2.38. The van der Waals surface area contributed by atoms with Gasteiger partial charge in [0.2, 0.25) is 0 Å². The maximum Gasteiger partial charge on any atom is 0.573 e. The minimum atomic E-state index is -4.85. The summed E-state index contributed by atoms with van der Waals surface area (Å²) in [6.07, 6.45) is -9.65. The number of carbonyl (C=O) groups excluding carboxylic acids is 1. The number of halogens is 6. The Bertz CT molecular complexity index is 958. The number of ether oxygens (including phenoxy) is 1. The quantitative estimate of drug-likeness (QED) is 0.706. The molecule has 0 atom stereocenters. The average Bonchev–Trinajstić information content (AvgIpc) is 2.89. The number of hydrogen-bond donors (Lipinski definition) is 0. The number of nitriles is 1. The third kappa shape index (κ3) is 4.03. The summed E-state index contributed by atoms with van der Waals surface area (Å²) in [5.74, 6) is -1.31. The van der Waals surface area contributed by atoms with Gasteiger partial charge in [0.1, 0.15) is 5.75 Å². The fourth-order valence-electron chi connectivity index (χ4n) is 2.95. The third-order valence-electron chi connectivity index (χ3n) is 4.05. The molecule has 0 saturated heterocycles. The van der Waals surface area contributed by atoms with E-state index in [1.54, 1.807) is 6.07 Å². The molecule has 0 aromatic heterocycles. The van der Waals surface area contributed by atoms with Crippen molar-refractivity contribution in [2.75, 3.05) is 0 Å². The second-order valence-electron chi connectivity index (χ2n) is 6.02. The molecular formula is C18H10F6N2O2. The first-order valence-electron chi connectivity index (χ1n) is 7.76. The summed E-state index contributed by atoms with van der Waals surface area (Å²) in [5.41, 5.74) is -1.42. The van der Waals surface area contributed by atoms with Crippen molar-refractivity contribution in [3.63, 3.8) is 0 Å². The second-order valence-corrected chi connectivity index (χ2v) is 6.02. The van der Waals surface area contributed by atoms with Crippen molar-refractivity contribution < 1.29 is 35.9 Å². The Balaban J connectivity index is 1.84. The zero-order chi connectivity index (χ0) is 20.7. The first-order valence-corrected chi connectivity index (χ1v) is 7.76. The predicted molar refractivity (Wildman–Crippen MR) is 82.9 cm³/mol. The van der Waals surface area contributed by atoms with Crippen LogP contribution in [-0.4, -0.2) is 17.2 Å². The molecule has 0 aliphatic carbocycles. The third-order valence-corrected chi connectivity index (χ3v) is 4.05. The Labute approximate surface area is 154 Å². The summed E-state index contributed by atoms with van der Waals surface area (Å²) in [4.78, 5) is 13.6. The molecule has 4 nitrogen and oxygen atoms in total. The van der Waals surface area contributed by atoms with E-state index >= 15 is 0 Å². The molecule has 0 radical (unpaired) electrons. The monoisotopic (exact) mass is 400 g/mol. The van der Waals surface area contributed by atoms with E-state index < -0.39 is 35.3 Å². The largest absolute Gasteiger partial charge is 0.573 e. The lowest BCUT2D eigenvalue weighted by molar-refractivity contribution is -0.274. The number of nitrogens with zero attached hydrogens (tertiary/aromatic N) is 2. The lowest BCUT2D eigenvalue weighted by Crippen LogP contribution is -2.24. The summed E-state index contributed by atoms with van der Waals surface area (Å²) in [6, 6.07) is 8.15. The van der Waals surface area contributed by atoms with Crippen LogP contribution in [0.1, 0.15) is 32.6 Å². The number of carbonyl (C=O) groups is 1. The zero-order valence-corrected chi connectivity index (χ0v) is 13.9. The van der Waals surface area contributed by atoms with Gasteiger partial charge in [0.15, 0.2) is 0 Å². The fourth-order valence-corrected chi connectivity index (χ4v) is 2.95. The van der Waals surface area contributed by atoms with E-state index in [4.69, 9.17) is 5.26 Å². The van der Waals surface area contributed by atoms with Crippen LogP contribution >= 0.6 is 0 Å². The highest BCUT2D eigenvalue weighted by molar-refractivity contribution is 6.00. The molecular weight excluding hydrogens is 390 g/mol. The predicted octanol–water partition coefficient (Wildman–Crippen LogP) is 4.63. The van der Waals surface area contributed by atoms with Gasteiger partial charge in [0.05, 0.1) is 22.8 Å². The van der Waals surface area contributed by atoms with Crippen LogP contribution in [0.25, 0.3) is 0 Å². The summed E-state index contributed by atoms with van der Waals surface area (Å²) < 4.78 is 80.1. The van der Waals surface area contributed by atoms with Gasteiger partial charge in [-0.25, -0.2) is 0 Å². The molecule has 1 aliphatic heterocycles. The van der Waals surface area contributed by atoms with Gasteiger partial charge in [0, 0.05) is 13.1 Å². The Morgan fingerprint density at radius 3 is 2.25 bits per heavy atom. The fraction of sp³-hybridized carbons (Fsp3) is 0.222. The molecule has 28 heavy (non-hydrogen) atoms. The molecule has 0 unspecified atom stereocenters. The van der Waals surface area contributed by atoms with Crippen LogP contribution in [0.15, 0.2) is 36.4 Å². The van der Waals surface area contributed by atoms with Crippen molar-refractivity contribution in [2.45, 2.75) is 25.6 Å². The van der Waals surface area contributed by atoms with Crippen molar-refractivity contribution in [1.82, 2.24) is 4.90 Å². The Morgan fingerprint density at radius 1 is 1.07 bits per heavy atom. The van der Waals surface area contributed by atoms with Crippen LogP contribution in [0.2, 0.25) is 0 Å². The van der Waals surface area contributed by atoms with Crippen LogP contribution in [0.5, 0.6) is 5.75 Å². The highest BCUT2D eigenvalue weighted by atomic mass is 19.4. The lowest BCUT2D eigenvalue weighted by atomic mass is 9.99. The molecule has 3 rings (SSSR count). The smallest absolute Gasteiger partial charge is 0.406 e. The SMILES string of the molecule is N#Cc1cc2c(c(C(F)(F)F)c1)C(=O)N(Cc1ccc(OC(F)(F)F)cc1)C2. The molecule has 0 fully saturated rings. The van der Waals surface area contributed by atoms with Crippen LogP contribution in [0.3, 0.4) is 0 Å². The normalized spacial score (nSPS) is 14.0. The molecule has 1 aliphatic rings. The van der Waals surface area contributed by atoms with Crippen molar-refractivity contribution >= 4 is 5.91 Å². The maximum atomic E-state index is 13.3. The Hall–Kier alpha value is -3.22. The maximum absolute atomic E-state index is 13.3. The van der Waals surface area contributed by atoms with E-state index in [9.17, 15) is 31.1 Å². The molecule has 146 valence electrons. The minimum Gasteiger partial charge on any atom is -0.406 e. The van der Waals surface area contributed by atoms with E-state index in [1.165, 1.54) is 18.2 Å². The first-order chi connectivity index (χ1) is 13.0. The second kappa shape index (κ2) is 6.74.